The molecule has 1 nitrogen and oxygen atoms in total. The van der Waals surface area contributed by atoms with Gasteiger partial charge in [0.05, 0.1) is 0 Å². The molecule has 0 aliphatic heterocycles. The lowest BCUT2D eigenvalue weighted by Crippen LogP contribution is -2.06. The second kappa shape index (κ2) is 6.17. The van der Waals surface area contributed by atoms with Gasteiger partial charge in [0.25, 0.3) is 0 Å². The molecule has 0 spiro atoms. The lowest BCUT2D eigenvalue weighted by Gasteiger charge is -2.09. The molecule has 0 aromatic heterocycles. The Bertz CT molecular complexity index is 551. The largest absolute Gasteiger partial charge is 0.293 e. The average molecular weight is 435 g/mol. The lowest BCUT2D eigenvalue weighted by molar-refractivity contribution is 0.0991. The van der Waals surface area contributed by atoms with E-state index in [-0.39, 0.29) is 10.6 Å². The van der Waals surface area contributed by atoms with Crippen molar-refractivity contribution < 1.29 is 4.79 Å². The number of ketones is 1. The van der Waals surface area contributed by atoms with Crippen LogP contribution in [0.25, 0.3) is 0 Å². The molecule has 2 rings (SSSR count). The molecule has 4 heteroatoms. The topological polar surface area (TPSA) is 17.1 Å². The van der Waals surface area contributed by atoms with Crippen molar-refractivity contribution in [3.63, 3.8) is 0 Å². The van der Waals surface area contributed by atoms with Gasteiger partial charge < -0.3 is 0 Å². The van der Waals surface area contributed by atoms with Crippen molar-refractivity contribution in [1.82, 2.24) is 0 Å². The Morgan fingerprint density at radius 1 is 1.06 bits per heavy atom. The highest BCUT2D eigenvalue weighted by Gasteiger charge is 2.18. The molecule has 0 bridgehead atoms. The van der Waals surface area contributed by atoms with Crippen molar-refractivity contribution in [3.8, 4) is 0 Å². The monoisotopic (exact) mass is 434 g/mol. The number of carbonyl (C=O) groups excluding carboxylic acids is 1. The minimum atomic E-state index is -0.338. The molecule has 0 amide bonds. The highest BCUT2D eigenvalue weighted by atomic mass is 127. The first kappa shape index (κ1) is 14.0. The van der Waals surface area contributed by atoms with Crippen LogP contribution in [0.3, 0.4) is 0 Å². The van der Waals surface area contributed by atoms with E-state index in [0.717, 1.165) is 9.13 Å². The SMILES string of the molecule is O=C(c1ccc(I)cc1)C(Br)c1ccc(Cl)cc1. The van der Waals surface area contributed by atoms with E-state index in [4.69, 9.17) is 11.6 Å². The Morgan fingerprint density at radius 3 is 2.17 bits per heavy atom. The quantitative estimate of drug-likeness (QED) is 0.365. The van der Waals surface area contributed by atoms with E-state index in [2.05, 4.69) is 38.5 Å². The third kappa shape index (κ3) is 3.33. The fourth-order valence-corrected chi connectivity index (χ4v) is 2.60. The van der Waals surface area contributed by atoms with Gasteiger partial charge >= 0.3 is 0 Å². The molecule has 18 heavy (non-hydrogen) atoms. The van der Waals surface area contributed by atoms with E-state index >= 15 is 0 Å². The second-order valence-electron chi connectivity index (χ2n) is 3.79. The molecular weight excluding hydrogens is 426 g/mol. The lowest BCUT2D eigenvalue weighted by atomic mass is 10.0. The highest BCUT2D eigenvalue weighted by molar-refractivity contribution is 14.1. The molecule has 2 aromatic carbocycles. The fraction of sp³-hybridized carbons (Fsp3) is 0.0714. The van der Waals surface area contributed by atoms with Crippen LogP contribution in [0, 0.1) is 3.57 Å². The number of benzene rings is 2. The smallest absolute Gasteiger partial charge is 0.180 e. The Morgan fingerprint density at radius 2 is 1.61 bits per heavy atom. The van der Waals surface area contributed by atoms with Crippen molar-refractivity contribution in [2.24, 2.45) is 0 Å². The molecule has 0 N–H and O–H groups in total. The summed E-state index contributed by atoms with van der Waals surface area (Å²) in [7, 11) is 0. The number of hydrogen-bond donors (Lipinski definition) is 0. The summed E-state index contributed by atoms with van der Waals surface area (Å²) in [6.07, 6.45) is 0. The van der Waals surface area contributed by atoms with Gasteiger partial charge in [-0.25, -0.2) is 0 Å². The summed E-state index contributed by atoms with van der Waals surface area (Å²) in [5.41, 5.74) is 1.61. The van der Waals surface area contributed by atoms with E-state index in [1.807, 2.05) is 36.4 Å². The number of alkyl halides is 1. The van der Waals surface area contributed by atoms with Gasteiger partial charge in [-0.3, -0.25) is 4.79 Å². The van der Waals surface area contributed by atoms with Crippen LogP contribution in [0.15, 0.2) is 48.5 Å². The van der Waals surface area contributed by atoms with Gasteiger partial charge in [-0.1, -0.05) is 51.8 Å². The van der Waals surface area contributed by atoms with Crippen LogP contribution in [-0.2, 0) is 0 Å². The summed E-state index contributed by atoms with van der Waals surface area (Å²) >= 11 is 11.5. The van der Waals surface area contributed by atoms with E-state index in [9.17, 15) is 4.79 Å². The Kier molecular flexibility index (Phi) is 4.81. The predicted octanol–water partition coefficient (Wildman–Crippen LogP) is 5.26. The molecule has 1 unspecified atom stereocenters. The number of hydrogen-bond acceptors (Lipinski definition) is 1. The average Bonchev–Trinajstić information content (AvgIpc) is 2.39. The van der Waals surface area contributed by atoms with Crippen LogP contribution < -0.4 is 0 Å². The Hall–Kier alpha value is -0.390. The first-order chi connectivity index (χ1) is 8.58. The van der Waals surface area contributed by atoms with Crippen molar-refractivity contribution in [3.05, 3.63) is 68.3 Å². The van der Waals surface area contributed by atoms with Gasteiger partial charge in [0.2, 0.25) is 0 Å². The summed E-state index contributed by atoms with van der Waals surface area (Å²) in [6, 6.07) is 14.8. The Balaban J connectivity index is 2.23. The summed E-state index contributed by atoms with van der Waals surface area (Å²) < 4.78 is 1.11. The molecular formula is C14H9BrClIO. The molecule has 1 atom stereocenters. The maximum atomic E-state index is 12.3. The van der Waals surface area contributed by atoms with E-state index in [1.54, 1.807) is 12.1 Å². The zero-order chi connectivity index (χ0) is 13.1. The highest BCUT2D eigenvalue weighted by Crippen LogP contribution is 2.28. The van der Waals surface area contributed by atoms with Gasteiger partial charge in [-0.2, -0.15) is 0 Å². The molecule has 0 heterocycles. The molecule has 0 aliphatic rings. The van der Waals surface area contributed by atoms with E-state index < -0.39 is 0 Å². The minimum Gasteiger partial charge on any atom is -0.293 e. The van der Waals surface area contributed by atoms with Crippen LogP contribution in [-0.4, -0.2) is 5.78 Å². The van der Waals surface area contributed by atoms with Crippen LogP contribution in [0.5, 0.6) is 0 Å². The second-order valence-corrected chi connectivity index (χ2v) is 6.38. The van der Waals surface area contributed by atoms with Crippen molar-refractivity contribution >= 4 is 55.9 Å². The fourth-order valence-electron chi connectivity index (χ4n) is 1.54. The first-order valence-electron chi connectivity index (χ1n) is 5.27. The minimum absolute atomic E-state index is 0.0497. The first-order valence-corrected chi connectivity index (χ1v) is 7.64. The maximum Gasteiger partial charge on any atom is 0.180 e. The van der Waals surface area contributed by atoms with Gasteiger partial charge in [-0.15, -0.1) is 0 Å². The molecule has 0 radical (unpaired) electrons. The van der Waals surface area contributed by atoms with Gasteiger partial charge in [0.1, 0.15) is 4.83 Å². The van der Waals surface area contributed by atoms with Crippen molar-refractivity contribution in [2.45, 2.75) is 4.83 Å². The summed E-state index contributed by atoms with van der Waals surface area (Å²) in [5, 5.41) is 0.667. The Labute approximate surface area is 133 Å². The van der Waals surface area contributed by atoms with Crippen LogP contribution >= 0.6 is 50.1 Å². The van der Waals surface area contributed by atoms with Gasteiger partial charge in [0.15, 0.2) is 5.78 Å². The van der Waals surface area contributed by atoms with Crippen LogP contribution in [0.1, 0.15) is 20.7 Å². The summed E-state index contributed by atoms with van der Waals surface area (Å²) in [6.45, 7) is 0. The van der Waals surface area contributed by atoms with Crippen LogP contribution in [0.2, 0.25) is 5.02 Å². The van der Waals surface area contributed by atoms with Gasteiger partial charge in [0, 0.05) is 14.2 Å². The van der Waals surface area contributed by atoms with Crippen molar-refractivity contribution in [1.29, 1.82) is 0 Å². The van der Waals surface area contributed by atoms with Crippen molar-refractivity contribution in [2.75, 3.05) is 0 Å². The number of rotatable bonds is 3. The molecule has 0 saturated heterocycles. The van der Waals surface area contributed by atoms with Gasteiger partial charge in [-0.05, 0) is 52.4 Å². The third-order valence-electron chi connectivity index (χ3n) is 2.52. The molecule has 0 saturated carbocycles. The molecule has 2 aromatic rings. The normalized spacial score (nSPS) is 12.2. The maximum absolute atomic E-state index is 12.3. The molecule has 92 valence electrons. The molecule has 0 fully saturated rings. The van der Waals surface area contributed by atoms with Crippen LogP contribution in [0.4, 0.5) is 0 Å². The zero-order valence-corrected chi connectivity index (χ0v) is 13.7. The van der Waals surface area contributed by atoms with E-state index in [0.29, 0.717) is 10.6 Å². The summed E-state index contributed by atoms with van der Waals surface area (Å²) in [4.78, 5) is 11.9. The standard InChI is InChI=1S/C14H9BrClIO/c15-13(9-1-5-11(16)6-2-9)14(18)10-3-7-12(17)8-4-10/h1-8,13H. The summed E-state index contributed by atoms with van der Waals surface area (Å²) in [5.74, 6) is 0.0497. The zero-order valence-electron chi connectivity index (χ0n) is 9.24. The number of halogens is 3. The third-order valence-corrected chi connectivity index (χ3v) is 4.44. The van der Waals surface area contributed by atoms with E-state index in [1.165, 1.54) is 0 Å². The predicted molar refractivity (Wildman–Crippen MR) is 86.6 cm³/mol. The molecule has 0 aliphatic carbocycles. The number of Topliss-reactive ketones (excluding diaryl/α,β-unsaturated/α-hetero) is 1. The number of carbonyl (C=O) groups is 1.